The van der Waals surface area contributed by atoms with E-state index >= 15 is 0 Å². The molecule has 1 amide bonds. The molecule has 0 aliphatic carbocycles. The highest BCUT2D eigenvalue weighted by Gasteiger charge is 2.27. The average Bonchev–Trinajstić information content (AvgIpc) is 3.32. The SMILES string of the molecule is COc1cc(C)c(C(=O)NCCOc2ccc(S(=O)(=O)N3CCCC3)cc2)cc1C(C)C. The molecular formula is C24H32N2O5S. The number of methoxy groups -OCH3 is 1. The molecule has 0 aromatic heterocycles. The molecule has 174 valence electrons. The van der Waals surface area contributed by atoms with Gasteiger partial charge in [0.15, 0.2) is 0 Å². The molecule has 2 aromatic carbocycles. The molecule has 0 spiro atoms. The largest absolute Gasteiger partial charge is 0.496 e. The number of amides is 1. The molecule has 0 saturated carbocycles. The van der Waals surface area contributed by atoms with Crippen molar-refractivity contribution >= 4 is 15.9 Å². The van der Waals surface area contributed by atoms with Crippen molar-refractivity contribution in [2.45, 2.75) is 44.4 Å². The van der Waals surface area contributed by atoms with Crippen molar-refractivity contribution in [3.8, 4) is 11.5 Å². The number of nitrogens with one attached hydrogen (secondary N) is 1. The standard InChI is InChI=1S/C24H32N2O5S/c1-17(2)21-16-22(18(3)15-23(21)30-4)24(27)25-11-14-31-19-7-9-20(10-8-19)32(28,29)26-12-5-6-13-26/h7-10,15-17H,5-6,11-14H2,1-4H3,(H,25,27). The van der Waals surface area contributed by atoms with Crippen LogP contribution in [0.4, 0.5) is 0 Å². The Kier molecular flexibility index (Phi) is 7.79. The summed E-state index contributed by atoms with van der Waals surface area (Å²) in [4.78, 5) is 12.9. The number of hydrogen-bond donors (Lipinski definition) is 1. The fourth-order valence-electron chi connectivity index (χ4n) is 3.78. The van der Waals surface area contributed by atoms with Gasteiger partial charge in [-0.25, -0.2) is 8.42 Å². The van der Waals surface area contributed by atoms with Crippen molar-refractivity contribution in [1.29, 1.82) is 0 Å². The molecular weight excluding hydrogens is 428 g/mol. The second kappa shape index (κ2) is 10.4. The highest BCUT2D eigenvalue weighted by Crippen LogP contribution is 2.29. The van der Waals surface area contributed by atoms with Crippen LogP contribution in [0.5, 0.6) is 11.5 Å². The van der Waals surface area contributed by atoms with Crippen molar-refractivity contribution in [2.24, 2.45) is 0 Å². The first-order chi connectivity index (χ1) is 15.2. The molecule has 7 nitrogen and oxygen atoms in total. The van der Waals surface area contributed by atoms with Gasteiger partial charge in [0.25, 0.3) is 5.91 Å². The molecule has 0 bridgehead atoms. The summed E-state index contributed by atoms with van der Waals surface area (Å²) in [5, 5.41) is 2.88. The molecule has 1 aliphatic rings. The summed E-state index contributed by atoms with van der Waals surface area (Å²) in [5.74, 6) is 1.41. The molecule has 2 aromatic rings. The van der Waals surface area contributed by atoms with Crippen molar-refractivity contribution in [2.75, 3.05) is 33.4 Å². The highest BCUT2D eigenvalue weighted by molar-refractivity contribution is 7.89. The molecule has 1 aliphatic heterocycles. The Hall–Kier alpha value is -2.58. The second-order valence-corrected chi connectivity index (χ2v) is 10.2. The maximum absolute atomic E-state index is 12.7. The number of sulfonamides is 1. The third-order valence-corrected chi connectivity index (χ3v) is 7.54. The van der Waals surface area contributed by atoms with Gasteiger partial charge in [-0.2, -0.15) is 4.31 Å². The first-order valence-electron chi connectivity index (χ1n) is 10.9. The van der Waals surface area contributed by atoms with Crippen molar-refractivity contribution < 1.29 is 22.7 Å². The van der Waals surface area contributed by atoms with E-state index in [1.54, 1.807) is 31.4 Å². The van der Waals surface area contributed by atoms with E-state index in [9.17, 15) is 13.2 Å². The molecule has 0 atom stereocenters. The summed E-state index contributed by atoms with van der Waals surface area (Å²) in [7, 11) is -1.80. The molecule has 1 N–H and O–H groups in total. The van der Waals surface area contributed by atoms with Crippen molar-refractivity contribution in [3.63, 3.8) is 0 Å². The minimum Gasteiger partial charge on any atom is -0.496 e. The zero-order valence-electron chi connectivity index (χ0n) is 19.2. The summed E-state index contributed by atoms with van der Waals surface area (Å²) in [6.07, 6.45) is 1.81. The Morgan fingerprint density at radius 1 is 1.12 bits per heavy atom. The lowest BCUT2D eigenvalue weighted by Gasteiger charge is -2.16. The van der Waals surface area contributed by atoms with E-state index in [2.05, 4.69) is 19.2 Å². The maximum Gasteiger partial charge on any atom is 0.251 e. The van der Waals surface area contributed by atoms with Crippen LogP contribution in [0.1, 0.15) is 54.1 Å². The monoisotopic (exact) mass is 460 g/mol. The highest BCUT2D eigenvalue weighted by atomic mass is 32.2. The quantitative estimate of drug-likeness (QED) is 0.577. The predicted octanol–water partition coefficient (Wildman–Crippen LogP) is 3.72. The van der Waals surface area contributed by atoms with Gasteiger partial charge >= 0.3 is 0 Å². The summed E-state index contributed by atoms with van der Waals surface area (Å²) in [6, 6.07) is 10.2. The smallest absolute Gasteiger partial charge is 0.251 e. The maximum atomic E-state index is 12.7. The van der Waals surface area contributed by atoms with E-state index in [0.29, 0.717) is 30.9 Å². The molecule has 3 rings (SSSR count). The van der Waals surface area contributed by atoms with Crippen LogP contribution >= 0.6 is 0 Å². The zero-order chi connectivity index (χ0) is 23.3. The summed E-state index contributed by atoms with van der Waals surface area (Å²) in [5.41, 5.74) is 2.45. The first kappa shape index (κ1) is 24.1. The summed E-state index contributed by atoms with van der Waals surface area (Å²) < 4.78 is 37.8. The van der Waals surface area contributed by atoms with E-state index < -0.39 is 10.0 Å². The molecule has 0 unspecified atom stereocenters. The van der Waals surface area contributed by atoms with Gasteiger partial charge in [-0.15, -0.1) is 0 Å². The van der Waals surface area contributed by atoms with Crippen LogP contribution in [0.2, 0.25) is 0 Å². The van der Waals surface area contributed by atoms with Crippen molar-refractivity contribution in [3.05, 3.63) is 53.1 Å². The van der Waals surface area contributed by atoms with E-state index in [-0.39, 0.29) is 23.3 Å². The minimum absolute atomic E-state index is 0.164. The number of hydrogen-bond acceptors (Lipinski definition) is 5. The Morgan fingerprint density at radius 2 is 1.78 bits per heavy atom. The zero-order valence-corrected chi connectivity index (χ0v) is 20.0. The van der Waals surface area contributed by atoms with E-state index in [4.69, 9.17) is 9.47 Å². The Labute approximate surface area is 190 Å². The third-order valence-electron chi connectivity index (χ3n) is 5.63. The minimum atomic E-state index is -3.43. The van der Waals surface area contributed by atoms with E-state index in [1.165, 1.54) is 4.31 Å². The van der Waals surface area contributed by atoms with Gasteiger partial charge < -0.3 is 14.8 Å². The van der Waals surface area contributed by atoms with Gasteiger partial charge in [-0.05, 0) is 73.2 Å². The number of carbonyl (C=O) groups is 1. The number of ether oxygens (including phenoxy) is 2. The summed E-state index contributed by atoms with van der Waals surface area (Å²) >= 11 is 0. The van der Waals surface area contributed by atoms with Crippen LogP contribution in [0, 0.1) is 6.92 Å². The predicted molar refractivity (Wildman–Crippen MR) is 124 cm³/mol. The molecule has 1 fully saturated rings. The van der Waals surface area contributed by atoms with Crippen LogP contribution in [0.25, 0.3) is 0 Å². The number of nitrogens with zero attached hydrogens (tertiary/aromatic N) is 1. The topological polar surface area (TPSA) is 84.9 Å². The summed E-state index contributed by atoms with van der Waals surface area (Å²) in [6.45, 7) is 7.76. The van der Waals surface area contributed by atoms with Crippen LogP contribution in [-0.2, 0) is 10.0 Å². The van der Waals surface area contributed by atoms with Crippen molar-refractivity contribution in [1.82, 2.24) is 9.62 Å². The van der Waals surface area contributed by atoms with E-state index in [1.807, 2.05) is 19.1 Å². The molecule has 32 heavy (non-hydrogen) atoms. The lowest BCUT2D eigenvalue weighted by molar-refractivity contribution is 0.0946. The number of carbonyl (C=O) groups excluding carboxylic acids is 1. The van der Waals surface area contributed by atoms with Gasteiger partial charge in [0, 0.05) is 18.7 Å². The van der Waals surface area contributed by atoms with Crippen LogP contribution in [-0.4, -0.2) is 52.0 Å². The Balaban J connectivity index is 1.54. The fraction of sp³-hybridized carbons (Fsp3) is 0.458. The normalized spacial score (nSPS) is 14.5. The van der Waals surface area contributed by atoms with Crippen LogP contribution < -0.4 is 14.8 Å². The lowest BCUT2D eigenvalue weighted by Crippen LogP contribution is -2.29. The van der Waals surface area contributed by atoms with Gasteiger partial charge in [-0.1, -0.05) is 13.8 Å². The molecule has 1 saturated heterocycles. The van der Waals surface area contributed by atoms with Crippen LogP contribution in [0.3, 0.4) is 0 Å². The van der Waals surface area contributed by atoms with Crippen LogP contribution in [0.15, 0.2) is 41.3 Å². The number of benzene rings is 2. The average molecular weight is 461 g/mol. The van der Waals surface area contributed by atoms with Gasteiger partial charge in [0.2, 0.25) is 10.0 Å². The van der Waals surface area contributed by atoms with Gasteiger partial charge in [0.05, 0.1) is 18.6 Å². The Bertz CT molecular complexity index is 1040. The van der Waals surface area contributed by atoms with E-state index in [0.717, 1.165) is 29.7 Å². The van der Waals surface area contributed by atoms with Gasteiger partial charge in [0.1, 0.15) is 18.1 Å². The number of rotatable bonds is 9. The fourth-order valence-corrected chi connectivity index (χ4v) is 5.30. The Morgan fingerprint density at radius 3 is 2.38 bits per heavy atom. The lowest BCUT2D eigenvalue weighted by atomic mass is 9.96. The second-order valence-electron chi connectivity index (χ2n) is 8.25. The molecule has 1 heterocycles. The molecule has 0 radical (unpaired) electrons. The first-order valence-corrected chi connectivity index (χ1v) is 12.4. The molecule has 8 heteroatoms. The number of aryl methyl sites for hydroxylation is 1. The third kappa shape index (κ3) is 5.42. The van der Waals surface area contributed by atoms with Gasteiger partial charge in [-0.3, -0.25) is 4.79 Å².